The number of nitrogens with one attached hydrogen (secondary N) is 1. The molecule has 0 aliphatic carbocycles. The number of amides is 1. The number of carbonyl (C=O) groups is 1. The van der Waals surface area contributed by atoms with Crippen molar-refractivity contribution in [1.82, 2.24) is 9.88 Å². The zero-order valence-corrected chi connectivity index (χ0v) is 17.2. The summed E-state index contributed by atoms with van der Waals surface area (Å²) in [6, 6.07) is 12.2. The van der Waals surface area contributed by atoms with Gasteiger partial charge in [-0.25, -0.2) is 8.78 Å². The van der Waals surface area contributed by atoms with Crippen LogP contribution < -0.4 is 5.32 Å². The van der Waals surface area contributed by atoms with Crippen LogP contribution in [0.15, 0.2) is 48.5 Å². The number of rotatable bonds is 7. The predicted molar refractivity (Wildman–Crippen MR) is 113 cm³/mol. The molecule has 0 unspecified atom stereocenters. The Bertz CT molecular complexity index is 1010. The van der Waals surface area contributed by atoms with Crippen LogP contribution in [-0.2, 0) is 0 Å². The van der Waals surface area contributed by atoms with Gasteiger partial charge in [0.25, 0.3) is 5.91 Å². The minimum absolute atomic E-state index is 0.180. The highest BCUT2D eigenvalue weighted by Gasteiger charge is 2.21. The molecule has 3 nitrogen and oxygen atoms in total. The zero-order valence-electron chi connectivity index (χ0n) is 16.4. The van der Waals surface area contributed by atoms with E-state index in [1.54, 1.807) is 41.8 Å². The maximum Gasteiger partial charge on any atom is 0.253 e. The summed E-state index contributed by atoms with van der Waals surface area (Å²) in [6.45, 7) is 4.43. The zero-order chi connectivity index (χ0) is 21.0. The number of carbonyl (C=O) groups excluding carboxylic acids is 1. The number of nitrogens with zero attached hydrogens (tertiary/aromatic N) is 1. The van der Waals surface area contributed by atoms with E-state index in [0.717, 1.165) is 30.9 Å². The normalized spacial score (nSPS) is 10.9. The monoisotopic (exact) mass is 416 g/mol. The minimum Gasteiger partial charge on any atom is -0.352 e. The first-order chi connectivity index (χ1) is 13.9. The van der Waals surface area contributed by atoms with E-state index in [1.165, 1.54) is 12.1 Å². The Kier molecular flexibility index (Phi) is 6.70. The van der Waals surface area contributed by atoms with Gasteiger partial charge in [0, 0.05) is 23.3 Å². The van der Waals surface area contributed by atoms with Gasteiger partial charge in [0.2, 0.25) is 0 Å². The predicted octanol–water partition coefficient (Wildman–Crippen LogP) is 6.30. The van der Waals surface area contributed by atoms with Crippen LogP contribution in [0.2, 0.25) is 5.02 Å². The molecule has 0 aliphatic heterocycles. The quantitative estimate of drug-likeness (QED) is 0.450. The van der Waals surface area contributed by atoms with Crippen molar-refractivity contribution in [3.63, 3.8) is 0 Å². The first-order valence-corrected chi connectivity index (χ1v) is 10.0. The summed E-state index contributed by atoms with van der Waals surface area (Å²) in [5.74, 6) is -1.57. The van der Waals surface area contributed by atoms with Gasteiger partial charge in [0.05, 0.1) is 16.9 Å². The van der Waals surface area contributed by atoms with Gasteiger partial charge in [-0.3, -0.25) is 4.79 Å². The van der Waals surface area contributed by atoms with E-state index in [-0.39, 0.29) is 11.6 Å². The van der Waals surface area contributed by atoms with Crippen molar-refractivity contribution < 1.29 is 13.6 Å². The third-order valence-corrected chi connectivity index (χ3v) is 5.10. The molecule has 1 heterocycles. The van der Waals surface area contributed by atoms with Gasteiger partial charge in [0.15, 0.2) is 0 Å². The molecule has 0 atom stereocenters. The fraction of sp³-hybridized carbons (Fsp3) is 0.261. The molecule has 152 valence electrons. The van der Waals surface area contributed by atoms with Crippen LogP contribution in [0.4, 0.5) is 8.78 Å². The van der Waals surface area contributed by atoms with Crippen molar-refractivity contribution in [2.75, 3.05) is 6.54 Å². The van der Waals surface area contributed by atoms with Crippen LogP contribution in [0, 0.1) is 18.6 Å². The average molecular weight is 417 g/mol. The smallest absolute Gasteiger partial charge is 0.253 e. The number of hydrogen-bond acceptors (Lipinski definition) is 1. The van der Waals surface area contributed by atoms with Crippen molar-refractivity contribution >= 4 is 17.5 Å². The molecular weight excluding hydrogens is 394 g/mol. The second-order valence-corrected chi connectivity index (χ2v) is 7.37. The van der Waals surface area contributed by atoms with E-state index in [1.807, 2.05) is 0 Å². The van der Waals surface area contributed by atoms with Gasteiger partial charge in [-0.2, -0.15) is 0 Å². The number of halogens is 3. The molecule has 1 aromatic heterocycles. The summed E-state index contributed by atoms with van der Waals surface area (Å²) in [5.41, 5.74) is 2.61. The Hall–Kier alpha value is -2.66. The van der Waals surface area contributed by atoms with E-state index >= 15 is 0 Å². The number of aromatic nitrogens is 1. The third-order valence-electron chi connectivity index (χ3n) is 4.85. The maximum atomic E-state index is 14.6. The van der Waals surface area contributed by atoms with Crippen molar-refractivity contribution in [2.24, 2.45) is 0 Å². The molecular formula is C23H23ClF2N2O. The Morgan fingerprint density at radius 2 is 1.79 bits per heavy atom. The Labute approximate surface area is 174 Å². The Morgan fingerprint density at radius 1 is 1.07 bits per heavy atom. The molecule has 6 heteroatoms. The maximum absolute atomic E-state index is 14.6. The fourth-order valence-corrected chi connectivity index (χ4v) is 3.44. The summed E-state index contributed by atoms with van der Waals surface area (Å²) < 4.78 is 29.7. The van der Waals surface area contributed by atoms with E-state index in [0.29, 0.717) is 28.5 Å². The number of hydrogen-bond donors (Lipinski definition) is 1. The molecule has 0 bridgehead atoms. The molecule has 0 aliphatic rings. The molecule has 3 aromatic rings. The van der Waals surface area contributed by atoms with Gasteiger partial charge in [-0.15, -0.1) is 0 Å². The SMILES string of the molecule is CCCCCNC(=O)c1cc(-c2ccc(Cl)cc2)n(-c2ccc(F)cc2F)c1C. The lowest BCUT2D eigenvalue weighted by molar-refractivity contribution is 0.0952. The lowest BCUT2D eigenvalue weighted by Gasteiger charge is -2.13. The molecule has 0 saturated carbocycles. The van der Waals surface area contributed by atoms with Gasteiger partial charge < -0.3 is 9.88 Å². The van der Waals surface area contributed by atoms with Crippen molar-refractivity contribution in [1.29, 1.82) is 0 Å². The lowest BCUT2D eigenvalue weighted by Crippen LogP contribution is -2.24. The summed E-state index contributed by atoms with van der Waals surface area (Å²) >= 11 is 6.00. The van der Waals surface area contributed by atoms with E-state index in [2.05, 4.69) is 12.2 Å². The van der Waals surface area contributed by atoms with Crippen LogP contribution >= 0.6 is 11.6 Å². The standard InChI is InChI=1S/C23H23ClF2N2O/c1-3-4-5-12-27-23(29)19-14-22(16-6-8-17(24)9-7-16)28(15(19)2)21-11-10-18(25)13-20(21)26/h6-11,13-14H,3-5,12H2,1-2H3,(H,27,29). The average Bonchev–Trinajstić information content (AvgIpc) is 3.03. The second kappa shape index (κ2) is 9.23. The molecule has 1 amide bonds. The highest BCUT2D eigenvalue weighted by atomic mass is 35.5. The van der Waals surface area contributed by atoms with Gasteiger partial charge in [0.1, 0.15) is 11.6 Å². The highest BCUT2D eigenvalue weighted by molar-refractivity contribution is 6.30. The van der Waals surface area contributed by atoms with Crippen molar-refractivity contribution in [2.45, 2.75) is 33.1 Å². The first-order valence-electron chi connectivity index (χ1n) is 9.64. The summed E-state index contributed by atoms with van der Waals surface area (Å²) in [4.78, 5) is 12.8. The van der Waals surface area contributed by atoms with Crippen LogP contribution in [0.1, 0.15) is 42.2 Å². The van der Waals surface area contributed by atoms with Crippen LogP contribution in [0.3, 0.4) is 0 Å². The Morgan fingerprint density at radius 3 is 2.45 bits per heavy atom. The fourth-order valence-electron chi connectivity index (χ4n) is 3.31. The van der Waals surface area contributed by atoms with Crippen LogP contribution in [0.25, 0.3) is 16.9 Å². The van der Waals surface area contributed by atoms with E-state index < -0.39 is 11.6 Å². The largest absolute Gasteiger partial charge is 0.352 e. The third kappa shape index (κ3) is 4.67. The van der Waals surface area contributed by atoms with Crippen molar-refractivity contribution in [3.05, 3.63) is 76.4 Å². The summed E-state index contributed by atoms with van der Waals surface area (Å²) in [5, 5.41) is 3.50. The lowest BCUT2D eigenvalue weighted by atomic mass is 10.1. The van der Waals surface area contributed by atoms with E-state index in [4.69, 9.17) is 11.6 Å². The van der Waals surface area contributed by atoms with Crippen LogP contribution in [-0.4, -0.2) is 17.0 Å². The topological polar surface area (TPSA) is 34.0 Å². The van der Waals surface area contributed by atoms with Gasteiger partial charge >= 0.3 is 0 Å². The first kappa shape index (κ1) is 21.1. The number of benzene rings is 2. The highest BCUT2D eigenvalue weighted by Crippen LogP contribution is 2.31. The number of unbranched alkanes of at least 4 members (excludes halogenated alkanes) is 2. The van der Waals surface area contributed by atoms with Gasteiger partial charge in [-0.05, 0) is 49.2 Å². The van der Waals surface area contributed by atoms with Crippen LogP contribution in [0.5, 0.6) is 0 Å². The second-order valence-electron chi connectivity index (χ2n) is 6.93. The van der Waals surface area contributed by atoms with Crippen molar-refractivity contribution in [3.8, 4) is 16.9 Å². The Balaban J connectivity index is 2.08. The molecule has 3 rings (SSSR count). The molecule has 0 saturated heterocycles. The molecule has 2 aromatic carbocycles. The summed E-state index contributed by atoms with van der Waals surface area (Å²) in [6.07, 6.45) is 3.01. The molecule has 0 radical (unpaired) electrons. The minimum atomic E-state index is -0.700. The van der Waals surface area contributed by atoms with Gasteiger partial charge in [-0.1, -0.05) is 43.5 Å². The molecule has 29 heavy (non-hydrogen) atoms. The molecule has 0 spiro atoms. The summed E-state index contributed by atoms with van der Waals surface area (Å²) in [7, 11) is 0. The van der Waals surface area contributed by atoms with E-state index in [9.17, 15) is 13.6 Å². The molecule has 0 fully saturated rings. The molecule has 1 N–H and O–H groups in total.